The van der Waals surface area contributed by atoms with Crippen molar-refractivity contribution in [2.45, 2.75) is 0 Å². The second kappa shape index (κ2) is 9.30. The van der Waals surface area contributed by atoms with Crippen LogP contribution in [0.5, 0.6) is 5.75 Å². The summed E-state index contributed by atoms with van der Waals surface area (Å²) < 4.78 is 0. The highest BCUT2D eigenvalue weighted by atomic mass is 35.5. The second-order valence-electron chi connectivity index (χ2n) is 4.54. The van der Waals surface area contributed by atoms with Gasteiger partial charge in [-0.3, -0.25) is 10.1 Å². The summed E-state index contributed by atoms with van der Waals surface area (Å²) in [4.78, 5) is 30.9. The Hall–Kier alpha value is -3.24. The van der Waals surface area contributed by atoms with Gasteiger partial charge < -0.3 is 27.2 Å². The molecule has 138 valence electrons. The van der Waals surface area contributed by atoms with Gasteiger partial charge in [-0.15, -0.1) is 0 Å². The molecule has 4 amide bonds. The minimum Gasteiger partial charge on any atom is -0.506 e. The summed E-state index contributed by atoms with van der Waals surface area (Å²) in [6.45, 7) is 0. The van der Waals surface area contributed by atoms with E-state index in [2.05, 4.69) is 22.1 Å². The molecule has 2 aromatic rings. The summed E-state index contributed by atoms with van der Waals surface area (Å²) in [5, 5.41) is 25.4. The van der Waals surface area contributed by atoms with Crippen molar-refractivity contribution >= 4 is 52.3 Å². The smallest absolute Gasteiger partial charge is 0.323 e. The molecule has 10 nitrogen and oxygen atoms in total. The molecule has 26 heavy (non-hydrogen) atoms. The van der Waals surface area contributed by atoms with Gasteiger partial charge in [0.2, 0.25) is 0 Å². The molecule has 0 radical (unpaired) electrons. The molecule has 0 bridgehead atoms. The fourth-order valence-corrected chi connectivity index (χ4v) is 1.96. The lowest BCUT2D eigenvalue weighted by Gasteiger charge is -2.10. The number of aromatic hydroxyl groups is 1. The van der Waals surface area contributed by atoms with E-state index in [1.54, 1.807) is 12.1 Å². The first kappa shape index (κ1) is 20.8. The van der Waals surface area contributed by atoms with Crippen LogP contribution in [0.2, 0.25) is 10.0 Å². The van der Waals surface area contributed by atoms with Crippen molar-refractivity contribution < 1.29 is 19.6 Å². The number of amides is 4. The third-order valence-electron chi connectivity index (χ3n) is 2.64. The highest BCUT2D eigenvalue weighted by molar-refractivity contribution is 6.44. The van der Waals surface area contributed by atoms with Crippen LogP contribution in [0, 0.1) is 10.1 Å². The average Bonchev–Trinajstić information content (AvgIpc) is 2.53. The van der Waals surface area contributed by atoms with Gasteiger partial charge in [0.25, 0.3) is 5.69 Å². The monoisotopic (exact) mass is 401 g/mol. The number of hydrogen-bond donors (Lipinski definition) is 5. The van der Waals surface area contributed by atoms with Gasteiger partial charge in [-0.05, 0) is 18.2 Å². The number of nitrogens with one attached hydrogen (secondary N) is 2. The molecule has 0 unspecified atom stereocenters. The maximum absolute atomic E-state index is 11.9. The number of nitrogens with zero attached hydrogens (tertiary/aromatic N) is 1. The fourth-order valence-electron chi connectivity index (χ4n) is 1.61. The topological polar surface area (TPSA) is 174 Å². The van der Waals surface area contributed by atoms with Crippen molar-refractivity contribution in [2.24, 2.45) is 11.5 Å². The summed E-state index contributed by atoms with van der Waals surface area (Å²) in [5.74, 6) is -0.307. The van der Waals surface area contributed by atoms with E-state index < -0.39 is 17.0 Å². The van der Waals surface area contributed by atoms with Crippen molar-refractivity contribution in [1.82, 2.24) is 0 Å². The van der Waals surface area contributed by atoms with Crippen molar-refractivity contribution in [2.75, 3.05) is 10.6 Å². The van der Waals surface area contributed by atoms with Gasteiger partial charge in [0, 0.05) is 12.1 Å². The van der Waals surface area contributed by atoms with E-state index in [-0.39, 0.29) is 32.9 Å². The van der Waals surface area contributed by atoms with Crippen LogP contribution in [-0.2, 0) is 0 Å². The highest BCUT2D eigenvalue weighted by Crippen LogP contribution is 2.31. The number of primary amides is 2. The number of phenolic OH excluding ortho intramolecular Hbond substituents is 1. The Morgan fingerprint density at radius 2 is 1.65 bits per heavy atom. The zero-order chi connectivity index (χ0) is 19.9. The van der Waals surface area contributed by atoms with E-state index in [1.807, 2.05) is 0 Å². The molecule has 2 aromatic carbocycles. The van der Waals surface area contributed by atoms with Gasteiger partial charge in [-0.2, -0.15) is 0 Å². The normalized spacial score (nSPS) is 9.46. The molecule has 7 N–H and O–H groups in total. The summed E-state index contributed by atoms with van der Waals surface area (Å²) in [6, 6.07) is 6.37. The predicted octanol–water partition coefficient (Wildman–Crippen LogP) is 3.28. The molecule has 0 aliphatic heterocycles. The van der Waals surface area contributed by atoms with Gasteiger partial charge >= 0.3 is 12.1 Å². The predicted molar refractivity (Wildman–Crippen MR) is 97.6 cm³/mol. The lowest BCUT2D eigenvalue weighted by atomic mass is 10.2. The van der Waals surface area contributed by atoms with E-state index in [0.29, 0.717) is 0 Å². The number of non-ortho nitro benzene ring substituents is 1. The largest absolute Gasteiger partial charge is 0.506 e. The zero-order valence-corrected chi connectivity index (χ0v) is 14.4. The third kappa shape index (κ3) is 6.34. The molecule has 0 aliphatic rings. The zero-order valence-electron chi connectivity index (χ0n) is 12.9. The number of nitrogens with two attached hydrogens (primary N) is 2. The number of urea groups is 2. The number of halogens is 2. The standard InChI is InChI=1S/C13H9Cl2N3O4.CH4N2O/c14-8-2-1-3-9(12(8)15)16-13(20)17-10-6-7(18(21)22)4-5-11(10)19;2-1(3)4/h1-6,19H,(H2,16,17,20);(H4,2,3,4). The first-order valence-corrected chi connectivity index (χ1v) is 7.41. The van der Waals surface area contributed by atoms with E-state index in [9.17, 15) is 20.0 Å². The second-order valence-corrected chi connectivity index (χ2v) is 5.33. The number of carbonyl (C=O) groups is 2. The lowest BCUT2D eigenvalue weighted by molar-refractivity contribution is -0.384. The van der Waals surface area contributed by atoms with Crippen LogP contribution >= 0.6 is 23.2 Å². The number of benzene rings is 2. The molecule has 0 saturated heterocycles. The molecule has 2 rings (SSSR count). The molecule has 0 aromatic heterocycles. The third-order valence-corrected chi connectivity index (χ3v) is 3.46. The minimum atomic E-state index is -0.833. The van der Waals surface area contributed by atoms with Crippen molar-refractivity contribution in [1.29, 1.82) is 0 Å². The Morgan fingerprint density at radius 3 is 2.23 bits per heavy atom. The molecule has 0 fully saturated rings. The first-order valence-electron chi connectivity index (χ1n) is 6.66. The minimum absolute atomic E-state index is 0.107. The van der Waals surface area contributed by atoms with Crippen molar-refractivity contribution in [3.8, 4) is 5.75 Å². The maximum Gasteiger partial charge on any atom is 0.323 e. The lowest BCUT2D eigenvalue weighted by Crippen LogP contribution is -2.19. The first-order chi connectivity index (χ1) is 12.1. The van der Waals surface area contributed by atoms with Crippen LogP contribution in [0.1, 0.15) is 0 Å². The fraction of sp³-hybridized carbons (Fsp3) is 0. The molecule has 0 spiro atoms. The molecule has 0 saturated carbocycles. The van der Waals surface area contributed by atoms with Crippen molar-refractivity contribution in [3.63, 3.8) is 0 Å². The summed E-state index contributed by atoms with van der Waals surface area (Å²) >= 11 is 11.7. The van der Waals surface area contributed by atoms with Gasteiger partial charge in [0.05, 0.1) is 26.3 Å². The molecular weight excluding hydrogens is 389 g/mol. The number of nitro benzene ring substituents is 1. The van der Waals surface area contributed by atoms with Crippen LogP contribution in [0.15, 0.2) is 36.4 Å². The van der Waals surface area contributed by atoms with Crippen LogP contribution in [0.4, 0.5) is 26.7 Å². The van der Waals surface area contributed by atoms with E-state index in [0.717, 1.165) is 18.2 Å². The maximum atomic E-state index is 11.9. The van der Waals surface area contributed by atoms with Crippen LogP contribution < -0.4 is 22.1 Å². The number of phenols is 1. The van der Waals surface area contributed by atoms with Crippen LogP contribution in [0.3, 0.4) is 0 Å². The molecular formula is C14H13Cl2N5O5. The molecule has 0 heterocycles. The Bertz CT molecular complexity index is 842. The quantitative estimate of drug-likeness (QED) is 0.300. The summed E-state index contributed by atoms with van der Waals surface area (Å²) in [6.07, 6.45) is 0. The number of rotatable bonds is 3. The highest BCUT2D eigenvalue weighted by Gasteiger charge is 2.14. The number of carbonyl (C=O) groups excluding carboxylic acids is 2. The van der Waals surface area contributed by atoms with Gasteiger partial charge in [0.1, 0.15) is 5.75 Å². The molecule has 0 aliphatic carbocycles. The Balaban J connectivity index is 0.000000765. The van der Waals surface area contributed by atoms with Crippen LogP contribution in [-0.4, -0.2) is 22.1 Å². The Morgan fingerprint density at radius 1 is 1.08 bits per heavy atom. The van der Waals surface area contributed by atoms with Gasteiger partial charge in [-0.1, -0.05) is 29.3 Å². The molecule has 0 atom stereocenters. The Kier molecular flexibility index (Phi) is 7.44. The molecule has 12 heteroatoms. The average molecular weight is 402 g/mol. The van der Waals surface area contributed by atoms with E-state index in [1.165, 1.54) is 6.07 Å². The number of hydrogen-bond acceptors (Lipinski definition) is 5. The number of nitro groups is 1. The van der Waals surface area contributed by atoms with Gasteiger partial charge in [0.15, 0.2) is 0 Å². The van der Waals surface area contributed by atoms with Gasteiger partial charge in [-0.25, -0.2) is 9.59 Å². The Labute approximate surface area is 156 Å². The van der Waals surface area contributed by atoms with Crippen molar-refractivity contribution in [3.05, 3.63) is 56.6 Å². The SMILES string of the molecule is NC(N)=O.O=C(Nc1cc([N+](=O)[O-])ccc1O)Nc1cccc(Cl)c1Cl. The number of anilines is 2. The summed E-state index contributed by atoms with van der Waals surface area (Å²) in [5.41, 5.74) is 8.38. The van der Waals surface area contributed by atoms with Crippen LogP contribution in [0.25, 0.3) is 0 Å². The van der Waals surface area contributed by atoms with E-state index >= 15 is 0 Å². The summed E-state index contributed by atoms with van der Waals surface area (Å²) in [7, 11) is 0. The van der Waals surface area contributed by atoms with E-state index in [4.69, 9.17) is 28.0 Å².